The van der Waals surface area contributed by atoms with Gasteiger partial charge in [-0.05, 0) is 6.42 Å². The molecule has 0 amide bonds. The molecule has 1 aliphatic rings. The molecular weight excluding hydrogens is 173 g/mol. The van der Waals surface area contributed by atoms with E-state index >= 15 is 0 Å². The van der Waals surface area contributed by atoms with Crippen molar-refractivity contribution in [2.75, 3.05) is 13.2 Å². The summed E-state index contributed by atoms with van der Waals surface area (Å²) in [4.78, 5) is 3.79. The van der Waals surface area contributed by atoms with Crippen molar-refractivity contribution in [3.05, 3.63) is 0 Å². The summed E-state index contributed by atoms with van der Waals surface area (Å²) >= 11 is 11.0. The lowest BCUT2D eigenvalue weighted by atomic mass is 10.3. The molecule has 0 atom stereocenters. The van der Waals surface area contributed by atoms with E-state index in [2.05, 4.69) is 4.99 Å². The largest absolute Gasteiger partial charge is 0.479 e. The van der Waals surface area contributed by atoms with Crippen LogP contribution < -0.4 is 0 Å². The molecule has 1 aliphatic heterocycles. The molecule has 0 aliphatic carbocycles. The molecule has 0 aromatic rings. The summed E-state index contributed by atoms with van der Waals surface area (Å²) in [6.07, 6.45) is 1.49. The van der Waals surface area contributed by atoms with Crippen molar-refractivity contribution >= 4 is 29.1 Å². The molecule has 2 nitrogen and oxygen atoms in total. The Balaban J connectivity index is 2.13. The van der Waals surface area contributed by atoms with Gasteiger partial charge < -0.3 is 4.74 Å². The zero-order valence-corrected chi connectivity index (χ0v) is 7.03. The Hall–Kier alpha value is 0.0500. The molecule has 0 saturated heterocycles. The molecule has 4 heteroatoms. The highest BCUT2D eigenvalue weighted by Crippen LogP contribution is 2.11. The van der Waals surface area contributed by atoms with Gasteiger partial charge >= 0.3 is 0 Å². The highest BCUT2D eigenvalue weighted by atomic mass is 35.5. The third-order valence-corrected chi connectivity index (χ3v) is 1.66. The van der Waals surface area contributed by atoms with Gasteiger partial charge in [-0.15, -0.1) is 23.2 Å². The Morgan fingerprint density at radius 1 is 1.60 bits per heavy atom. The first-order valence-corrected chi connectivity index (χ1v) is 4.10. The van der Waals surface area contributed by atoms with Crippen molar-refractivity contribution in [1.29, 1.82) is 0 Å². The highest BCUT2D eigenvalue weighted by molar-refractivity contribution is 6.44. The van der Waals surface area contributed by atoms with E-state index in [0.29, 0.717) is 6.61 Å². The number of nitrogens with zero attached hydrogens (tertiary/aromatic N) is 1. The fourth-order valence-corrected chi connectivity index (χ4v) is 0.981. The van der Waals surface area contributed by atoms with Crippen LogP contribution in [0, 0.1) is 0 Å². The first-order valence-electron chi connectivity index (χ1n) is 3.23. The van der Waals surface area contributed by atoms with Crippen LogP contribution in [0.25, 0.3) is 0 Å². The molecule has 10 heavy (non-hydrogen) atoms. The molecule has 0 aromatic heterocycles. The molecule has 0 bridgehead atoms. The predicted octanol–water partition coefficient (Wildman–Crippen LogP) is 2.00. The van der Waals surface area contributed by atoms with Gasteiger partial charge in [-0.25, -0.2) is 0 Å². The molecule has 0 unspecified atom stereocenters. The molecule has 0 spiro atoms. The Morgan fingerprint density at radius 3 is 2.90 bits per heavy atom. The second kappa shape index (κ2) is 4.04. The van der Waals surface area contributed by atoms with E-state index in [1.165, 1.54) is 0 Å². The number of halogens is 2. The normalized spacial score (nSPS) is 17.3. The maximum Gasteiger partial charge on any atom is 0.183 e. The van der Waals surface area contributed by atoms with Crippen LogP contribution in [0.1, 0.15) is 12.8 Å². The lowest BCUT2D eigenvalue weighted by Crippen LogP contribution is -2.00. The fourth-order valence-electron chi connectivity index (χ4n) is 0.763. The van der Waals surface area contributed by atoms with E-state index in [-0.39, 0.29) is 4.84 Å². The number of rotatable bonds is 3. The van der Waals surface area contributed by atoms with Crippen LogP contribution in [0.5, 0.6) is 0 Å². The Labute approximate surface area is 70.2 Å². The van der Waals surface area contributed by atoms with Crippen LogP contribution in [-0.4, -0.2) is 23.9 Å². The van der Waals surface area contributed by atoms with Crippen LogP contribution in [0.15, 0.2) is 4.99 Å². The quantitative estimate of drug-likeness (QED) is 0.611. The van der Waals surface area contributed by atoms with Gasteiger partial charge in [-0.1, -0.05) is 0 Å². The Kier molecular flexibility index (Phi) is 3.29. The first kappa shape index (κ1) is 8.15. The lowest BCUT2D eigenvalue weighted by Gasteiger charge is -2.00. The van der Waals surface area contributed by atoms with Crippen LogP contribution in [0.2, 0.25) is 0 Å². The monoisotopic (exact) mass is 181 g/mol. The average Bonchev–Trinajstić information content (AvgIpc) is 2.34. The van der Waals surface area contributed by atoms with E-state index in [9.17, 15) is 0 Å². The zero-order chi connectivity index (χ0) is 7.40. The summed E-state index contributed by atoms with van der Waals surface area (Å²) < 4.78 is 5.14. The zero-order valence-electron chi connectivity index (χ0n) is 5.52. The number of hydrogen-bond acceptors (Lipinski definition) is 2. The van der Waals surface area contributed by atoms with Crippen LogP contribution in [0.4, 0.5) is 0 Å². The average molecular weight is 182 g/mol. The maximum absolute atomic E-state index is 5.51. The minimum absolute atomic E-state index is 0.299. The van der Waals surface area contributed by atoms with E-state index < -0.39 is 0 Å². The van der Waals surface area contributed by atoms with Gasteiger partial charge in [0, 0.05) is 6.42 Å². The van der Waals surface area contributed by atoms with Crippen molar-refractivity contribution in [1.82, 2.24) is 0 Å². The van der Waals surface area contributed by atoms with Gasteiger partial charge in [0.2, 0.25) is 0 Å². The van der Waals surface area contributed by atoms with Gasteiger partial charge in [-0.2, -0.15) is 0 Å². The molecular formula is C6H9Cl2NO. The van der Waals surface area contributed by atoms with Gasteiger partial charge in [0.25, 0.3) is 0 Å². The Morgan fingerprint density at radius 2 is 2.40 bits per heavy atom. The second-order valence-electron chi connectivity index (χ2n) is 2.05. The van der Waals surface area contributed by atoms with Crippen molar-refractivity contribution in [3.8, 4) is 0 Å². The number of ether oxygens (including phenoxy) is 1. The summed E-state index contributed by atoms with van der Waals surface area (Å²) in [5.74, 6) is 0.798. The molecule has 1 rings (SSSR count). The van der Waals surface area contributed by atoms with E-state index in [1.807, 2.05) is 0 Å². The summed E-state index contributed by atoms with van der Waals surface area (Å²) in [5.41, 5.74) is 0. The maximum atomic E-state index is 5.51. The lowest BCUT2D eigenvalue weighted by molar-refractivity contribution is 0.337. The van der Waals surface area contributed by atoms with Gasteiger partial charge in [-0.3, -0.25) is 4.99 Å². The van der Waals surface area contributed by atoms with E-state index in [4.69, 9.17) is 27.9 Å². The van der Waals surface area contributed by atoms with Crippen molar-refractivity contribution < 1.29 is 4.74 Å². The fraction of sp³-hybridized carbons (Fsp3) is 0.833. The summed E-state index contributed by atoms with van der Waals surface area (Å²) in [6.45, 7) is 1.50. The molecule has 0 fully saturated rings. The number of alkyl halides is 2. The van der Waals surface area contributed by atoms with Crippen LogP contribution in [0.3, 0.4) is 0 Å². The van der Waals surface area contributed by atoms with Gasteiger partial charge in [0.05, 0.1) is 6.54 Å². The molecule has 0 saturated carbocycles. The summed E-state index contributed by atoms with van der Waals surface area (Å²) in [7, 11) is 0. The number of aliphatic imine (C=N–C) groups is 1. The van der Waals surface area contributed by atoms with Crippen molar-refractivity contribution in [2.45, 2.75) is 17.7 Å². The first-order chi connectivity index (χ1) is 4.79. The van der Waals surface area contributed by atoms with Crippen LogP contribution >= 0.6 is 23.2 Å². The van der Waals surface area contributed by atoms with Crippen molar-refractivity contribution in [2.24, 2.45) is 4.99 Å². The highest BCUT2D eigenvalue weighted by Gasteiger charge is 2.08. The molecule has 0 aromatic carbocycles. The smallest absolute Gasteiger partial charge is 0.183 e. The topological polar surface area (TPSA) is 21.6 Å². The molecule has 58 valence electrons. The van der Waals surface area contributed by atoms with E-state index in [1.54, 1.807) is 0 Å². The second-order valence-corrected chi connectivity index (χ2v) is 3.33. The molecule has 0 radical (unpaired) electrons. The van der Waals surface area contributed by atoms with Gasteiger partial charge in [0.1, 0.15) is 11.4 Å². The van der Waals surface area contributed by atoms with Gasteiger partial charge in [0.15, 0.2) is 5.90 Å². The summed E-state index contributed by atoms with van der Waals surface area (Å²) in [6, 6.07) is 0. The number of hydrogen-bond donors (Lipinski definition) is 0. The Bertz CT molecular complexity index is 136. The molecule has 0 N–H and O–H groups in total. The standard InChI is InChI=1S/C6H9Cl2NO/c7-5(8)1-2-6-9-3-4-10-6/h5H,1-4H2. The third kappa shape index (κ3) is 2.76. The third-order valence-electron chi connectivity index (χ3n) is 1.22. The minimum Gasteiger partial charge on any atom is -0.479 e. The van der Waals surface area contributed by atoms with Crippen molar-refractivity contribution in [3.63, 3.8) is 0 Å². The minimum atomic E-state index is -0.299. The molecule has 1 heterocycles. The van der Waals surface area contributed by atoms with Crippen LogP contribution in [-0.2, 0) is 4.74 Å². The summed E-state index contributed by atoms with van der Waals surface area (Å²) in [5, 5.41) is 0. The van der Waals surface area contributed by atoms with E-state index in [0.717, 1.165) is 25.3 Å². The predicted molar refractivity (Wildman–Crippen MR) is 43.0 cm³/mol. The SMILES string of the molecule is ClC(Cl)CCC1=NCCO1.